The molecule has 1 rings (SSSR count). The monoisotopic (exact) mass is 315 g/mol. The standard InChI is InChI=1S/C13H14ClNO6/c1-9(16)10-3-5-11(6-4-10)15(21-12(14)17)13(18)20-8-7-19-2/h3-6H,7-8H2,1-2H3. The SMILES string of the molecule is COCCOC(=O)N(OC(=O)Cl)c1ccc(C(C)=O)cc1. The molecular weight excluding hydrogens is 302 g/mol. The Kier molecular flexibility index (Phi) is 6.64. The van der Waals surface area contributed by atoms with Crippen LogP contribution in [0.2, 0.25) is 0 Å². The summed E-state index contributed by atoms with van der Waals surface area (Å²) in [5.74, 6) is -0.134. The Hall–Kier alpha value is -2.12. The van der Waals surface area contributed by atoms with E-state index in [1.807, 2.05) is 0 Å². The number of methoxy groups -OCH3 is 1. The van der Waals surface area contributed by atoms with Crippen molar-refractivity contribution >= 4 is 34.6 Å². The van der Waals surface area contributed by atoms with Crippen LogP contribution in [0.15, 0.2) is 24.3 Å². The summed E-state index contributed by atoms with van der Waals surface area (Å²) in [4.78, 5) is 38.4. The van der Waals surface area contributed by atoms with Crippen molar-refractivity contribution in [2.75, 3.05) is 25.4 Å². The van der Waals surface area contributed by atoms with Gasteiger partial charge in [-0.25, -0.2) is 9.59 Å². The highest BCUT2D eigenvalue weighted by molar-refractivity contribution is 6.61. The fourth-order valence-electron chi connectivity index (χ4n) is 1.37. The Morgan fingerprint density at radius 3 is 2.24 bits per heavy atom. The second-order valence-corrected chi connectivity index (χ2v) is 4.14. The molecule has 0 saturated carbocycles. The van der Waals surface area contributed by atoms with E-state index < -0.39 is 11.5 Å². The first-order valence-corrected chi connectivity index (χ1v) is 6.27. The third kappa shape index (κ3) is 5.41. The molecular formula is C13H14ClNO6. The highest BCUT2D eigenvalue weighted by atomic mass is 35.5. The quantitative estimate of drug-likeness (QED) is 0.359. The second kappa shape index (κ2) is 8.23. The molecule has 0 aliphatic heterocycles. The molecule has 0 aliphatic rings. The molecule has 0 fully saturated rings. The number of amides is 1. The van der Waals surface area contributed by atoms with Gasteiger partial charge in [0.15, 0.2) is 5.78 Å². The molecule has 0 saturated heterocycles. The number of Topliss-reactive ketones (excluding diaryl/α,β-unsaturated/α-hetero) is 1. The zero-order valence-electron chi connectivity index (χ0n) is 11.5. The molecule has 0 aromatic heterocycles. The van der Waals surface area contributed by atoms with Crippen LogP contribution in [-0.4, -0.2) is 37.6 Å². The number of anilines is 1. The molecule has 0 unspecified atom stereocenters. The number of benzene rings is 1. The van der Waals surface area contributed by atoms with Gasteiger partial charge in [-0.2, -0.15) is 0 Å². The van der Waals surface area contributed by atoms with Gasteiger partial charge in [-0.15, -0.1) is 5.06 Å². The molecule has 0 aliphatic carbocycles. The van der Waals surface area contributed by atoms with Crippen molar-refractivity contribution in [1.29, 1.82) is 0 Å². The van der Waals surface area contributed by atoms with Crippen molar-refractivity contribution in [3.8, 4) is 0 Å². The van der Waals surface area contributed by atoms with E-state index in [4.69, 9.17) is 21.1 Å². The van der Waals surface area contributed by atoms with Crippen LogP contribution in [0, 0.1) is 0 Å². The minimum Gasteiger partial charge on any atom is -0.445 e. The zero-order chi connectivity index (χ0) is 15.8. The largest absolute Gasteiger partial charge is 0.448 e. The van der Waals surface area contributed by atoms with Crippen LogP contribution in [0.5, 0.6) is 0 Å². The van der Waals surface area contributed by atoms with Crippen LogP contribution < -0.4 is 5.06 Å². The van der Waals surface area contributed by atoms with Gasteiger partial charge < -0.3 is 14.3 Å². The number of rotatable bonds is 5. The maximum atomic E-state index is 11.8. The minimum atomic E-state index is -1.20. The Morgan fingerprint density at radius 1 is 1.14 bits per heavy atom. The van der Waals surface area contributed by atoms with E-state index in [2.05, 4.69) is 4.84 Å². The summed E-state index contributed by atoms with van der Waals surface area (Å²) in [6, 6.07) is 5.81. The number of hydrogen-bond donors (Lipinski definition) is 0. The fourth-order valence-corrected chi connectivity index (χ4v) is 1.44. The van der Waals surface area contributed by atoms with E-state index in [9.17, 15) is 14.4 Å². The lowest BCUT2D eigenvalue weighted by Gasteiger charge is -2.19. The van der Waals surface area contributed by atoms with Gasteiger partial charge in [0, 0.05) is 24.3 Å². The number of ketones is 1. The van der Waals surface area contributed by atoms with Crippen LogP contribution >= 0.6 is 11.6 Å². The molecule has 114 valence electrons. The minimum absolute atomic E-state index is 0.0167. The molecule has 0 N–H and O–H groups in total. The Labute approximate surface area is 126 Å². The second-order valence-electron chi connectivity index (χ2n) is 3.83. The van der Waals surface area contributed by atoms with Gasteiger partial charge in [0.2, 0.25) is 0 Å². The predicted octanol–water partition coefficient (Wildman–Crippen LogP) is 2.77. The molecule has 1 aromatic carbocycles. The number of carbonyl (C=O) groups excluding carboxylic acids is 3. The summed E-state index contributed by atoms with van der Waals surface area (Å²) in [7, 11) is 1.45. The van der Waals surface area contributed by atoms with Crippen molar-refractivity contribution in [1.82, 2.24) is 0 Å². The van der Waals surface area contributed by atoms with Crippen molar-refractivity contribution in [3.05, 3.63) is 29.8 Å². The van der Waals surface area contributed by atoms with Crippen molar-refractivity contribution in [2.45, 2.75) is 6.92 Å². The van der Waals surface area contributed by atoms with Gasteiger partial charge in [0.1, 0.15) is 6.61 Å². The van der Waals surface area contributed by atoms with Crippen LogP contribution in [-0.2, 0) is 14.3 Å². The Bertz CT molecular complexity index is 516. The van der Waals surface area contributed by atoms with Crippen LogP contribution in [0.4, 0.5) is 15.3 Å². The van der Waals surface area contributed by atoms with Crippen LogP contribution in [0.3, 0.4) is 0 Å². The van der Waals surface area contributed by atoms with Gasteiger partial charge >= 0.3 is 11.5 Å². The number of hydroxylamine groups is 1. The molecule has 0 bridgehead atoms. The third-order valence-electron chi connectivity index (χ3n) is 2.35. The summed E-state index contributed by atoms with van der Waals surface area (Å²) < 4.78 is 9.57. The molecule has 0 atom stereocenters. The lowest BCUT2D eigenvalue weighted by atomic mass is 10.1. The molecule has 0 spiro atoms. The summed E-state index contributed by atoms with van der Waals surface area (Å²) in [5.41, 5.74) is -0.561. The highest BCUT2D eigenvalue weighted by Gasteiger charge is 2.22. The molecule has 0 heterocycles. The van der Waals surface area contributed by atoms with E-state index in [0.717, 1.165) is 0 Å². The van der Waals surface area contributed by atoms with E-state index in [1.54, 1.807) is 0 Å². The first-order chi connectivity index (χ1) is 9.95. The fraction of sp³-hybridized carbons (Fsp3) is 0.308. The summed E-state index contributed by atoms with van der Waals surface area (Å²) in [5, 5.41) is 0.592. The smallest absolute Gasteiger partial charge is 0.445 e. The summed E-state index contributed by atoms with van der Waals surface area (Å²) in [6.45, 7) is 1.58. The number of nitrogens with zero attached hydrogens (tertiary/aromatic N) is 1. The van der Waals surface area contributed by atoms with E-state index >= 15 is 0 Å². The molecule has 1 amide bonds. The van der Waals surface area contributed by atoms with Crippen LogP contribution in [0.1, 0.15) is 17.3 Å². The van der Waals surface area contributed by atoms with Gasteiger partial charge in [0.05, 0.1) is 12.3 Å². The van der Waals surface area contributed by atoms with Crippen LogP contribution in [0.25, 0.3) is 0 Å². The zero-order valence-corrected chi connectivity index (χ0v) is 12.3. The third-order valence-corrected chi connectivity index (χ3v) is 2.42. The van der Waals surface area contributed by atoms with Gasteiger partial charge in [-0.3, -0.25) is 4.79 Å². The molecule has 1 aromatic rings. The maximum absolute atomic E-state index is 11.8. The molecule has 21 heavy (non-hydrogen) atoms. The Balaban J connectivity index is 2.88. The first kappa shape index (κ1) is 16.9. The van der Waals surface area contributed by atoms with Crippen molar-refractivity contribution < 1.29 is 28.7 Å². The number of ether oxygens (including phenoxy) is 2. The van der Waals surface area contributed by atoms with Crippen molar-refractivity contribution in [3.63, 3.8) is 0 Å². The van der Waals surface area contributed by atoms with Gasteiger partial charge in [0.25, 0.3) is 0 Å². The van der Waals surface area contributed by atoms with Gasteiger partial charge in [-0.1, -0.05) is 0 Å². The topological polar surface area (TPSA) is 82.1 Å². The lowest BCUT2D eigenvalue weighted by Crippen LogP contribution is -2.33. The van der Waals surface area contributed by atoms with E-state index in [-0.39, 0.29) is 24.7 Å². The summed E-state index contributed by atoms with van der Waals surface area (Å²) in [6.07, 6.45) is -0.934. The Morgan fingerprint density at radius 2 is 1.76 bits per heavy atom. The molecule has 7 nitrogen and oxygen atoms in total. The molecule has 8 heteroatoms. The van der Waals surface area contributed by atoms with Gasteiger partial charge in [-0.05, 0) is 31.2 Å². The predicted molar refractivity (Wildman–Crippen MR) is 74.5 cm³/mol. The average molecular weight is 316 g/mol. The van der Waals surface area contributed by atoms with E-state index in [0.29, 0.717) is 10.6 Å². The first-order valence-electron chi connectivity index (χ1n) is 5.90. The maximum Gasteiger partial charge on any atom is 0.448 e. The lowest BCUT2D eigenvalue weighted by molar-refractivity contribution is 0.0808. The average Bonchev–Trinajstić information content (AvgIpc) is 2.45. The molecule has 0 radical (unpaired) electrons. The normalized spacial score (nSPS) is 9.86. The highest BCUT2D eigenvalue weighted by Crippen LogP contribution is 2.18. The number of carbonyl (C=O) groups is 3. The van der Waals surface area contributed by atoms with Crippen molar-refractivity contribution in [2.24, 2.45) is 0 Å². The number of halogens is 1. The summed E-state index contributed by atoms with van der Waals surface area (Å²) >= 11 is 5.12. The number of hydrogen-bond acceptors (Lipinski definition) is 6. The van der Waals surface area contributed by atoms with E-state index in [1.165, 1.54) is 38.3 Å².